The molecule has 0 fully saturated rings. The maximum atomic E-state index is 12.8. The minimum Gasteiger partial charge on any atom is -0.493 e. The van der Waals surface area contributed by atoms with E-state index < -0.39 is 6.86 Å². The number of nitrogens with zero attached hydrogens (tertiary/aromatic N) is 3. The SMILES string of the molecule is CCC1SC(=O)N(Cc2ccc(NC(=O)c3cnc[nH]3)cc2)N=C1c1ccc(OCF)c(OC)c1. The molecular weight excluding hydrogens is 473 g/mol. The van der Waals surface area contributed by atoms with Crippen molar-refractivity contribution >= 4 is 34.3 Å². The fourth-order valence-electron chi connectivity index (χ4n) is 3.54. The number of halogens is 1. The van der Waals surface area contributed by atoms with Crippen LogP contribution >= 0.6 is 11.8 Å². The van der Waals surface area contributed by atoms with Crippen molar-refractivity contribution in [2.45, 2.75) is 25.1 Å². The Labute approximate surface area is 205 Å². The van der Waals surface area contributed by atoms with E-state index in [-0.39, 0.29) is 22.9 Å². The topological polar surface area (TPSA) is 109 Å². The van der Waals surface area contributed by atoms with Crippen LogP contribution in [0.4, 0.5) is 14.9 Å². The monoisotopic (exact) mass is 497 g/mol. The van der Waals surface area contributed by atoms with Crippen LogP contribution in [-0.4, -0.2) is 51.1 Å². The number of carbonyl (C=O) groups excluding carboxylic acids is 2. The summed E-state index contributed by atoms with van der Waals surface area (Å²) in [5, 5.41) is 8.59. The van der Waals surface area contributed by atoms with Crippen molar-refractivity contribution in [1.82, 2.24) is 15.0 Å². The summed E-state index contributed by atoms with van der Waals surface area (Å²) < 4.78 is 22.9. The summed E-state index contributed by atoms with van der Waals surface area (Å²) >= 11 is 1.21. The first kappa shape index (κ1) is 24.3. The lowest BCUT2D eigenvalue weighted by molar-refractivity contribution is 0.102. The maximum absolute atomic E-state index is 12.8. The molecule has 1 aliphatic rings. The molecular formula is C24H24FN5O4S. The molecule has 0 saturated heterocycles. The van der Waals surface area contributed by atoms with Gasteiger partial charge in [-0.2, -0.15) is 5.10 Å². The fraction of sp³-hybridized carbons (Fsp3) is 0.250. The highest BCUT2D eigenvalue weighted by Crippen LogP contribution is 2.34. The van der Waals surface area contributed by atoms with E-state index in [2.05, 4.69) is 20.4 Å². The molecule has 9 nitrogen and oxygen atoms in total. The molecule has 4 rings (SSSR count). The van der Waals surface area contributed by atoms with Gasteiger partial charge in [-0.25, -0.2) is 14.4 Å². The molecule has 0 saturated carbocycles. The number of hydrogen-bond acceptors (Lipinski definition) is 7. The zero-order valence-electron chi connectivity index (χ0n) is 19.2. The molecule has 2 heterocycles. The third-order valence-corrected chi connectivity index (χ3v) is 6.57. The Balaban J connectivity index is 1.52. The number of nitrogens with one attached hydrogen (secondary N) is 2. The Morgan fingerprint density at radius 2 is 2.03 bits per heavy atom. The number of imidazole rings is 1. The van der Waals surface area contributed by atoms with Crippen LogP contribution in [0.1, 0.15) is 35.0 Å². The van der Waals surface area contributed by atoms with Crippen molar-refractivity contribution in [2.24, 2.45) is 5.10 Å². The minimum absolute atomic E-state index is 0.128. The number of H-pyrrole nitrogens is 1. The lowest BCUT2D eigenvalue weighted by Crippen LogP contribution is -2.34. The molecule has 11 heteroatoms. The van der Waals surface area contributed by atoms with E-state index in [1.807, 2.05) is 19.1 Å². The van der Waals surface area contributed by atoms with Crippen molar-refractivity contribution in [3.63, 3.8) is 0 Å². The lowest BCUT2D eigenvalue weighted by Gasteiger charge is -2.28. The fourth-order valence-corrected chi connectivity index (χ4v) is 4.48. The molecule has 2 amide bonds. The number of ether oxygens (including phenoxy) is 2. The zero-order chi connectivity index (χ0) is 24.8. The minimum atomic E-state index is -0.960. The predicted octanol–water partition coefficient (Wildman–Crippen LogP) is 4.83. The van der Waals surface area contributed by atoms with Gasteiger partial charge in [0.2, 0.25) is 6.86 Å². The van der Waals surface area contributed by atoms with Crippen LogP contribution in [0.25, 0.3) is 0 Å². The van der Waals surface area contributed by atoms with Crippen LogP contribution in [0.2, 0.25) is 0 Å². The summed E-state index contributed by atoms with van der Waals surface area (Å²) in [6, 6.07) is 12.3. The highest BCUT2D eigenvalue weighted by molar-refractivity contribution is 8.14. The van der Waals surface area contributed by atoms with E-state index in [9.17, 15) is 14.0 Å². The molecule has 1 aliphatic heterocycles. The van der Waals surface area contributed by atoms with Gasteiger partial charge >= 0.3 is 5.24 Å². The third kappa shape index (κ3) is 5.62. The van der Waals surface area contributed by atoms with E-state index in [4.69, 9.17) is 9.47 Å². The van der Waals surface area contributed by atoms with Crippen LogP contribution in [-0.2, 0) is 6.54 Å². The number of rotatable bonds is 9. The number of amides is 2. The molecule has 35 heavy (non-hydrogen) atoms. The lowest BCUT2D eigenvalue weighted by atomic mass is 10.0. The van der Waals surface area contributed by atoms with Gasteiger partial charge in [0.25, 0.3) is 5.91 Å². The van der Waals surface area contributed by atoms with Crippen LogP contribution in [0.5, 0.6) is 11.5 Å². The highest BCUT2D eigenvalue weighted by Gasteiger charge is 2.30. The first-order chi connectivity index (χ1) is 17.0. The second-order valence-corrected chi connectivity index (χ2v) is 8.71. The number of aromatic amines is 1. The van der Waals surface area contributed by atoms with Gasteiger partial charge in [0.1, 0.15) is 5.69 Å². The molecule has 0 bridgehead atoms. The molecule has 182 valence electrons. The summed E-state index contributed by atoms with van der Waals surface area (Å²) in [7, 11) is 1.48. The number of benzene rings is 2. The van der Waals surface area contributed by atoms with Crippen molar-refractivity contribution in [2.75, 3.05) is 19.3 Å². The largest absolute Gasteiger partial charge is 0.493 e. The van der Waals surface area contributed by atoms with Gasteiger partial charge in [-0.05, 0) is 42.3 Å². The van der Waals surface area contributed by atoms with Gasteiger partial charge in [0.05, 0.1) is 37.1 Å². The molecule has 0 spiro atoms. The summed E-state index contributed by atoms with van der Waals surface area (Å²) in [5.74, 6) is 0.387. The molecule has 1 atom stereocenters. The number of hydrazone groups is 1. The van der Waals surface area contributed by atoms with Gasteiger partial charge in [0.15, 0.2) is 11.5 Å². The van der Waals surface area contributed by atoms with Gasteiger partial charge in [-0.1, -0.05) is 30.8 Å². The Morgan fingerprint density at radius 1 is 1.23 bits per heavy atom. The van der Waals surface area contributed by atoms with Crippen LogP contribution in [0, 0.1) is 0 Å². The summed E-state index contributed by atoms with van der Waals surface area (Å²) in [4.78, 5) is 31.5. The number of methoxy groups -OCH3 is 1. The molecule has 1 unspecified atom stereocenters. The molecule has 1 aromatic heterocycles. The average molecular weight is 498 g/mol. The Bertz CT molecular complexity index is 1220. The normalized spacial score (nSPS) is 15.5. The third-order valence-electron chi connectivity index (χ3n) is 5.31. The van der Waals surface area contributed by atoms with Gasteiger partial charge in [0, 0.05) is 11.3 Å². The average Bonchev–Trinajstić information content (AvgIpc) is 3.42. The van der Waals surface area contributed by atoms with Crippen LogP contribution < -0.4 is 14.8 Å². The summed E-state index contributed by atoms with van der Waals surface area (Å²) in [6.07, 6.45) is 3.59. The van der Waals surface area contributed by atoms with E-state index in [1.54, 1.807) is 30.3 Å². The number of carbonyl (C=O) groups is 2. The number of alkyl halides is 1. The smallest absolute Gasteiger partial charge is 0.302 e. The van der Waals surface area contributed by atoms with Crippen LogP contribution in [0.15, 0.2) is 60.1 Å². The van der Waals surface area contributed by atoms with Crippen molar-refractivity contribution in [3.05, 3.63) is 71.8 Å². The van der Waals surface area contributed by atoms with E-state index in [1.165, 1.54) is 36.4 Å². The molecule has 2 aromatic carbocycles. The van der Waals surface area contributed by atoms with E-state index >= 15 is 0 Å². The Morgan fingerprint density at radius 3 is 2.69 bits per heavy atom. The van der Waals surface area contributed by atoms with Gasteiger partial charge in [-0.15, -0.1) is 0 Å². The van der Waals surface area contributed by atoms with Gasteiger partial charge in [-0.3, -0.25) is 9.59 Å². The quantitative estimate of drug-likeness (QED) is 0.438. The number of aromatic nitrogens is 2. The van der Waals surface area contributed by atoms with Crippen molar-refractivity contribution in [3.8, 4) is 11.5 Å². The molecule has 2 N–H and O–H groups in total. The first-order valence-corrected chi connectivity index (χ1v) is 11.7. The first-order valence-electron chi connectivity index (χ1n) is 10.8. The standard InChI is InChI=1S/C24H24FN5O4S/c1-3-21-22(16-6-9-19(34-13-25)20(10-16)33-2)29-30(24(32)35-21)12-15-4-7-17(8-5-15)28-23(31)18-11-26-14-27-18/h4-11,14,21H,3,12-13H2,1-2H3,(H,26,27)(H,28,31). The second kappa shape index (κ2) is 11.0. The molecule has 0 radical (unpaired) electrons. The van der Waals surface area contributed by atoms with E-state index in [0.717, 1.165) is 16.8 Å². The predicted molar refractivity (Wildman–Crippen MR) is 132 cm³/mol. The second-order valence-electron chi connectivity index (χ2n) is 7.56. The summed E-state index contributed by atoms with van der Waals surface area (Å²) in [6.45, 7) is 1.29. The highest BCUT2D eigenvalue weighted by atomic mass is 32.2. The zero-order valence-corrected chi connectivity index (χ0v) is 20.0. The number of thioether (sulfide) groups is 1. The van der Waals surface area contributed by atoms with Gasteiger partial charge < -0.3 is 19.8 Å². The number of anilines is 1. The Kier molecular flexibility index (Phi) is 7.66. The summed E-state index contributed by atoms with van der Waals surface area (Å²) in [5.41, 5.74) is 3.32. The van der Waals surface area contributed by atoms with Crippen molar-refractivity contribution in [1.29, 1.82) is 0 Å². The number of hydrogen-bond donors (Lipinski definition) is 2. The Hall–Kier alpha value is -3.86. The van der Waals surface area contributed by atoms with E-state index in [0.29, 0.717) is 29.3 Å². The maximum Gasteiger partial charge on any atom is 0.302 e. The van der Waals surface area contributed by atoms with Crippen molar-refractivity contribution < 1.29 is 23.5 Å². The molecule has 0 aliphatic carbocycles. The molecule has 3 aromatic rings. The van der Waals surface area contributed by atoms with Crippen LogP contribution in [0.3, 0.4) is 0 Å².